The molecule has 4 rings (SSSR count). The molecule has 0 amide bonds. The Balaban J connectivity index is 0.000000420. The lowest BCUT2D eigenvalue weighted by Crippen LogP contribution is -2.14. The average molecular weight is 1610 g/mol. The average Bonchev–Trinajstić information content (AvgIpc) is 3.14. The van der Waals surface area contributed by atoms with Crippen LogP contribution in [0.3, 0.4) is 0 Å². The van der Waals surface area contributed by atoms with Gasteiger partial charge in [-0.2, -0.15) is 0 Å². The van der Waals surface area contributed by atoms with Crippen LogP contribution in [0.2, 0.25) is 20.1 Å². The Labute approximate surface area is 461 Å². The zero-order valence-corrected chi connectivity index (χ0v) is 49.6. The third-order valence-corrected chi connectivity index (χ3v) is 14.1. The van der Waals surface area contributed by atoms with E-state index in [4.69, 9.17) is 80.7 Å². The molecule has 62 heavy (non-hydrogen) atoms. The maximum atomic E-state index is 12.0. The molecule has 0 heterocycles. The number of carboxylic acid groups (broad SMARTS) is 2. The molecule has 0 aliphatic carbocycles. The second-order valence-corrected chi connectivity index (χ2v) is 21.5. The molecule has 0 spiro atoms. The van der Waals surface area contributed by atoms with E-state index in [1.165, 1.54) is 18.2 Å². The second kappa shape index (κ2) is 28.0. The molecule has 0 saturated heterocycles. The Morgan fingerprint density at radius 1 is 0.500 bits per heavy atom. The highest BCUT2D eigenvalue weighted by atomic mass is 127. The number of carboxylic acids is 2. The molecule has 4 aromatic carbocycles. The van der Waals surface area contributed by atoms with Crippen LogP contribution in [0, 0.1) is 21.4 Å². The third-order valence-electron chi connectivity index (χ3n) is 6.61. The van der Waals surface area contributed by atoms with E-state index in [-0.39, 0.29) is 57.1 Å². The quantitative estimate of drug-likeness (QED) is 0.0670. The minimum Gasteiger partial charge on any atom is -0.507 e. The molecular weight excluding hydrogens is 1580 g/mol. The number of phenolic OH excluding ortho intramolecular Hbond substituents is 2. The highest BCUT2D eigenvalue weighted by Gasteiger charge is 2.22. The number of carbonyl (C=O) groups is 4. The maximum absolute atomic E-state index is 12.0. The molecule has 0 aliphatic rings. The zero-order valence-electron chi connectivity index (χ0n) is 33.6. The first kappa shape index (κ1) is 59.5. The third kappa shape index (κ3) is 19.0. The number of hydrogen-bond donors (Lipinski definition) is 4. The van der Waals surface area contributed by atoms with Gasteiger partial charge in [0.25, 0.3) is 0 Å². The topological polar surface area (TPSA) is 186 Å². The summed E-state index contributed by atoms with van der Waals surface area (Å²) < 4.78 is 25.3. The molecule has 4 N–H and O–H groups in total. The smallest absolute Gasteiger partial charge is 0.339 e. The first-order valence-corrected chi connectivity index (χ1v) is 25.4. The Bertz CT molecular complexity index is 2270. The summed E-state index contributed by atoms with van der Waals surface area (Å²) in [7, 11) is 0. The van der Waals surface area contributed by atoms with Crippen LogP contribution < -0.4 is 9.47 Å². The predicted octanol–water partition coefficient (Wildman–Crippen LogP) is 14.5. The van der Waals surface area contributed by atoms with Gasteiger partial charge in [-0.3, -0.25) is 0 Å². The molecule has 340 valence electrons. The van der Waals surface area contributed by atoms with Gasteiger partial charge in [0.1, 0.15) is 23.0 Å². The minimum atomic E-state index is -1.10. The van der Waals surface area contributed by atoms with E-state index >= 15 is 0 Å². The number of hydrogen-bond acceptors (Lipinski definition) is 10. The van der Waals surface area contributed by atoms with Crippen molar-refractivity contribution in [1.29, 1.82) is 0 Å². The SMILES string of the molecule is CC(C)OC(=O)c1cc(I)c(OC(C)C)c(I)c1Cl.CC(C)OC(=O)c1cc(I)c(OC(C)C)cc1Cl.O=C(O)c1cc(I)c(O)c(I)c1Cl.O=C(O)c1cc(I)c(O)cc1Cl. The number of aromatic hydroxyl groups is 2. The fourth-order valence-electron chi connectivity index (χ4n) is 4.10. The van der Waals surface area contributed by atoms with Gasteiger partial charge >= 0.3 is 23.9 Å². The number of carbonyl (C=O) groups excluding carboxylic acids is 2. The number of rotatable bonds is 10. The Morgan fingerprint density at radius 3 is 1.39 bits per heavy atom. The Kier molecular flexibility index (Phi) is 26.9. The van der Waals surface area contributed by atoms with Crippen molar-refractivity contribution >= 4 is 206 Å². The summed E-state index contributed by atoms with van der Waals surface area (Å²) >= 11 is 35.4. The molecule has 0 radical (unpaired) electrons. The van der Waals surface area contributed by atoms with Crippen molar-refractivity contribution in [2.24, 2.45) is 0 Å². The van der Waals surface area contributed by atoms with Gasteiger partial charge in [0.15, 0.2) is 0 Å². The molecule has 0 saturated carbocycles. The van der Waals surface area contributed by atoms with Crippen molar-refractivity contribution in [3.05, 3.63) is 100 Å². The van der Waals surface area contributed by atoms with Gasteiger partial charge in [-0.05, 0) is 215 Å². The molecule has 12 nitrogen and oxygen atoms in total. The van der Waals surface area contributed by atoms with E-state index in [0.29, 0.717) is 43.4 Å². The normalized spacial score (nSPS) is 10.5. The van der Waals surface area contributed by atoms with E-state index < -0.39 is 23.9 Å². The lowest BCUT2D eigenvalue weighted by atomic mass is 10.2. The van der Waals surface area contributed by atoms with Crippen molar-refractivity contribution in [2.75, 3.05) is 0 Å². The van der Waals surface area contributed by atoms with E-state index in [2.05, 4.69) is 67.8 Å². The van der Waals surface area contributed by atoms with Crippen molar-refractivity contribution in [2.45, 2.75) is 79.8 Å². The Hall–Kier alpha value is -0.500. The van der Waals surface area contributed by atoms with Gasteiger partial charge in [-0.1, -0.05) is 46.4 Å². The van der Waals surface area contributed by atoms with Crippen LogP contribution in [0.15, 0.2) is 36.4 Å². The fraction of sp³-hybridized carbons (Fsp3) is 0.300. The second-order valence-electron chi connectivity index (χ2n) is 13.1. The van der Waals surface area contributed by atoms with Gasteiger partial charge in [-0.25, -0.2) is 19.2 Å². The van der Waals surface area contributed by atoms with Gasteiger partial charge < -0.3 is 39.4 Å². The van der Waals surface area contributed by atoms with Crippen LogP contribution in [0.4, 0.5) is 0 Å². The Morgan fingerprint density at radius 2 is 0.919 bits per heavy atom. The summed E-state index contributed by atoms with van der Waals surface area (Å²) in [4.78, 5) is 45.0. The van der Waals surface area contributed by atoms with Crippen molar-refractivity contribution in [3.8, 4) is 23.0 Å². The summed E-state index contributed by atoms with van der Waals surface area (Å²) in [6.45, 7) is 15.0. The molecule has 0 aliphatic heterocycles. The zero-order chi connectivity index (χ0) is 48.1. The molecule has 0 fully saturated rings. The number of ether oxygens (including phenoxy) is 4. The number of phenols is 2. The largest absolute Gasteiger partial charge is 0.507 e. The summed E-state index contributed by atoms with van der Waals surface area (Å²) in [5.74, 6) is -1.62. The molecule has 4 aromatic rings. The molecule has 22 heteroatoms. The number of halogens is 10. The monoisotopic (exact) mass is 1610 g/mol. The summed E-state index contributed by atoms with van der Waals surface area (Å²) in [6, 6.07) is 8.91. The fourth-order valence-corrected chi connectivity index (χ4v) is 9.68. The molecule has 0 unspecified atom stereocenters. The van der Waals surface area contributed by atoms with Gasteiger partial charge in [-0.15, -0.1) is 0 Å². The van der Waals surface area contributed by atoms with E-state index in [1.54, 1.807) is 68.5 Å². The first-order chi connectivity index (χ1) is 28.5. The molecule has 0 bridgehead atoms. The highest BCUT2D eigenvalue weighted by Crippen LogP contribution is 2.37. The summed E-state index contributed by atoms with van der Waals surface area (Å²) in [5.41, 5.74) is 0.748. The van der Waals surface area contributed by atoms with Gasteiger partial charge in [0, 0.05) is 12.1 Å². The van der Waals surface area contributed by atoms with Crippen LogP contribution in [-0.2, 0) is 9.47 Å². The predicted molar refractivity (Wildman–Crippen MR) is 292 cm³/mol. The van der Waals surface area contributed by atoms with E-state index in [1.807, 2.05) is 72.9 Å². The minimum absolute atomic E-state index is 0.00105. The summed E-state index contributed by atoms with van der Waals surface area (Å²) in [5, 5.41) is 36.7. The van der Waals surface area contributed by atoms with Crippen molar-refractivity contribution in [1.82, 2.24) is 0 Å². The summed E-state index contributed by atoms with van der Waals surface area (Å²) in [6.07, 6.45) is -0.238. The van der Waals surface area contributed by atoms with Crippen LogP contribution in [-0.4, -0.2) is 68.7 Å². The van der Waals surface area contributed by atoms with Crippen LogP contribution >= 0.6 is 182 Å². The van der Waals surface area contributed by atoms with E-state index in [9.17, 15) is 24.3 Å². The number of esters is 2. The van der Waals surface area contributed by atoms with Crippen LogP contribution in [0.1, 0.15) is 96.8 Å². The maximum Gasteiger partial charge on any atom is 0.339 e. The lowest BCUT2D eigenvalue weighted by Gasteiger charge is -2.17. The lowest BCUT2D eigenvalue weighted by molar-refractivity contribution is 0.0367. The van der Waals surface area contributed by atoms with Gasteiger partial charge in [0.05, 0.1) is 88.2 Å². The van der Waals surface area contributed by atoms with Crippen molar-refractivity contribution in [3.63, 3.8) is 0 Å². The van der Waals surface area contributed by atoms with Crippen molar-refractivity contribution < 1.29 is 58.6 Å². The highest BCUT2D eigenvalue weighted by molar-refractivity contribution is 14.1. The first-order valence-electron chi connectivity index (χ1n) is 17.4. The van der Waals surface area contributed by atoms with E-state index in [0.717, 1.165) is 10.7 Å². The van der Waals surface area contributed by atoms with Crippen LogP contribution in [0.5, 0.6) is 23.0 Å². The number of aromatic carboxylic acids is 2. The molecule has 0 atom stereocenters. The van der Waals surface area contributed by atoms with Crippen LogP contribution in [0.25, 0.3) is 0 Å². The molecule has 0 aromatic heterocycles. The standard InChI is InChI=1S/C13H15ClI2O3.C13H16ClIO3.C7H3ClI2O3.C7H4ClIO3/c1-6(2)18-12-9(15)5-8(10(14)11(12)16)13(17)19-7(3)4;1-7(2)17-12-6-10(14)9(5-11(12)15)13(16)18-8(3)4;8-4-2(7(12)13)1-3(9)6(11)5(4)10;8-4-2-6(10)5(9)1-3(4)7(11)12/h5-7H,1-4H3;5-8H,1-4H3;1,11H,(H,12,13);1-2,10H,(H,11,12). The molecular formula is C40H38Cl4I6O12. The number of benzene rings is 4. The van der Waals surface area contributed by atoms with Gasteiger partial charge in [0.2, 0.25) is 0 Å².